The normalized spacial score (nSPS) is 23.9. The number of nitrogens with two attached hydrogens (primary N) is 1. The van der Waals surface area contributed by atoms with Gasteiger partial charge in [-0.1, -0.05) is 0 Å². The number of aliphatic hydroxyl groups is 1. The zero-order valence-corrected chi connectivity index (χ0v) is 10.7. The van der Waals surface area contributed by atoms with Gasteiger partial charge in [0.15, 0.2) is 0 Å². The van der Waals surface area contributed by atoms with Gasteiger partial charge in [-0.3, -0.25) is 4.79 Å². The van der Waals surface area contributed by atoms with Crippen molar-refractivity contribution >= 4 is 22.9 Å². The molecular formula is C12H18N2O2S. The van der Waals surface area contributed by atoms with Crippen LogP contribution in [0.25, 0.3) is 0 Å². The van der Waals surface area contributed by atoms with Gasteiger partial charge in [0.2, 0.25) is 0 Å². The number of thiophene rings is 1. The van der Waals surface area contributed by atoms with Crippen molar-refractivity contribution in [2.45, 2.75) is 32.3 Å². The number of hydrogen-bond acceptors (Lipinski definition) is 4. The van der Waals surface area contributed by atoms with Gasteiger partial charge in [-0.25, -0.2) is 0 Å². The van der Waals surface area contributed by atoms with E-state index in [9.17, 15) is 9.90 Å². The van der Waals surface area contributed by atoms with E-state index in [4.69, 9.17) is 5.73 Å². The maximum absolute atomic E-state index is 11.8. The summed E-state index contributed by atoms with van der Waals surface area (Å²) in [5.74, 6) is 0.351. The summed E-state index contributed by atoms with van der Waals surface area (Å²) in [6.45, 7) is 2.55. The maximum Gasteiger partial charge on any atom is 0.261 e. The summed E-state index contributed by atoms with van der Waals surface area (Å²) < 4.78 is 0. The van der Waals surface area contributed by atoms with Crippen LogP contribution in [0.4, 0.5) is 5.69 Å². The fraction of sp³-hybridized carbons (Fsp3) is 0.583. The highest BCUT2D eigenvalue weighted by atomic mass is 32.1. The standard InChI is InChI=1S/C12H18N2O2S/c1-7-10(13)5-11(17-7)12(16)14-6-8-2-3-9(15)4-8/h5,8-9,15H,2-4,6,13H2,1H3,(H,14,16). The van der Waals surface area contributed by atoms with Gasteiger partial charge in [0, 0.05) is 17.1 Å². The number of nitrogens with one attached hydrogen (secondary N) is 1. The molecule has 17 heavy (non-hydrogen) atoms. The lowest BCUT2D eigenvalue weighted by Crippen LogP contribution is -2.28. The number of rotatable bonds is 3. The van der Waals surface area contributed by atoms with E-state index >= 15 is 0 Å². The molecule has 0 radical (unpaired) electrons. The third kappa shape index (κ3) is 2.98. The van der Waals surface area contributed by atoms with Crippen LogP contribution in [0.15, 0.2) is 6.07 Å². The Hall–Kier alpha value is -1.07. The molecule has 0 saturated heterocycles. The molecule has 0 aliphatic heterocycles. The van der Waals surface area contributed by atoms with E-state index < -0.39 is 0 Å². The lowest BCUT2D eigenvalue weighted by molar-refractivity contribution is 0.0949. The SMILES string of the molecule is Cc1sc(C(=O)NCC2CCC(O)C2)cc1N. The summed E-state index contributed by atoms with van der Waals surface area (Å²) in [6, 6.07) is 1.72. The predicted octanol–water partition coefficient (Wildman–Crippen LogP) is 1.53. The summed E-state index contributed by atoms with van der Waals surface area (Å²) in [7, 11) is 0. The molecule has 2 unspecified atom stereocenters. The number of hydrogen-bond donors (Lipinski definition) is 3. The molecule has 1 aliphatic rings. The largest absolute Gasteiger partial charge is 0.398 e. The third-order valence-corrected chi connectivity index (χ3v) is 4.31. The lowest BCUT2D eigenvalue weighted by atomic mass is 10.1. The van der Waals surface area contributed by atoms with Crippen molar-refractivity contribution in [3.8, 4) is 0 Å². The van der Waals surface area contributed by atoms with Gasteiger partial charge >= 0.3 is 0 Å². The first-order valence-corrected chi connectivity index (χ1v) is 6.70. The Balaban J connectivity index is 1.85. The van der Waals surface area contributed by atoms with E-state index in [1.165, 1.54) is 11.3 Å². The first-order valence-electron chi connectivity index (χ1n) is 5.88. The molecule has 1 heterocycles. The van der Waals surface area contributed by atoms with Crippen LogP contribution < -0.4 is 11.1 Å². The van der Waals surface area contributed by atoms with Crippen molar-refractivity contribution in [3.05, 3.63) is 15.8 Å². The molecule has 1 saturated carbocycles. The molecule has 5 heteroatoms. The summed E-state index contributed by atoms with van der Waals surface area (Å²) in [5.41, 5.74) is 6.39. The van der Waals surface area contributed by atoms with Gasteiger partial charge in [0.25, 0.3) is 5.91 Å². The minimum absolute atomic E-state index is 0.0591. The van der Waals surface area contributed by atoms with Crippen LogP contribution in [0.5, 0.6) is 0 Å². The van der Waals surface area contributed by atoms with E-state index in [1.807, 2.05) is 6.92 Å². The van der Waals surface area contributed by atoms with Crippen LogP contribution in [-0.2, 0) is 0 Å². The van der Waals surface area contributed by atoms with E-state index in [0.717, 1.165) is 24.1 Å². The van der Waals surface area contributed by atoms with Crippen LogP contribution in [-0.4, -0.2) is 23.7 Å². The molecule has 1 aromatic heterocycles. The Labute approximate surface area is 105 Å². The second-order valence-corrected chi connectivity index (χ2v) is 5.92. The lowest BCUT2D eigenvalue weighted by Gasteiger charge is -2.09. The van der Waals surface area contributed by atoms with Crippen molar-refractivity contribution in [1.29, 1.82) is 0 Å². The molecule has 2 rings (SSSR count). The van der Waals surface area contributed by atoms with Crippen molar-refractivity contribution in [2.75, 3.05) is 12.3 Å². The molecule has 1 aliphatic carbocycles. The summed E-state index contributed by atoms with van der Waals surface area (Å²) in [5, 5.41) is 12.3. The second kappa shape index (κ2) is 5.06. The Morgan fingerprint density at radius 2 is 2.41 bits per heavy atom. The van der Waals surface area contributed by atoms with Crippen molar-refractivity contribution in [1.82, 2.24) is 5.32 Å². The van der Waals surface area contributed by atoms with Gasteiger partial charge in [-0.2, -0.15) is 0 Å². The average Bonchev–Trinajstić information content (AvgIpc) is 2.83. The molecule has 2 atom stereocenters. The Morgan fingerprint density at radius 1 is 1.65 bits per heavy atom. The molecular weight excluding hydrogens is 236 g/mol. The minimum Gasteiger partial charge on any atom is -0.398 e. The van der Waals surface area contributed by atoms with Crippen molar-refractivity contribution in [3.63, 3.8) is 0 Å². The molecule has 1 aromatic rings. The molecule has 4 nitrogen and oxygen atoms in total. The smallest absolute Gasteiger partial charge is 0.261 e. The van der Waals surface area contributed by atoms with Crippen LogP contribution in [0, 0.1) is 12.8 Å². The average molecular weight is 254 g/mol. The number of aryl methyl sites for hydroxylation is 1. The highest BCUT2D eigenvalue weighted by Gasteiger charge is 2.23. The molecule has 0 aromatic carbocycles. The molecule has 0 bridgehead atoms. The van der Waals surface area contributed by atoms with Crippen LogP contribution >= 0.6 is 11.3 Å². The zero-order chi connectivity index (χ0) is 12.4. The van der Waals surface area contributed by atoms with E-state index in [2.05, 4.69) is 5.32 Å². The summed E-state index contributed by atoms with van der Waals surface area (Å²) >= 11 is 1.42. The number of aliphatic hydroxyl groups excluding tert-OH is 1. The fourth-order valence-electron chi connectivity index (χ4n) is 2.17. The highest BCUT2D eigenvalue weighted by molar-refractivity contribution is 7.14. The van der Waals surface area contributed by atoms with Gasteiger partial charge in [0.1, 0.15) is 0 Å². The second-order valence-electron chi connectivity index (χ2n) is 4.67. The number of anilines is 1. The van der Waals surface area contributed by atoms with Gasteiger partial charge in [0.05, 0.1) is 11.0 Å². The molecule has 1 amide bonds. The van der Waals surface area contributed by atoms with E-state index in [-0.39, 0.29) is 12.0 Å². The monoisotopic (exact) mass is 254 g/mol. The van der Waals surface area contributed by atoms with Crippen molar-refractivity contribution in [2.24, 2.45) is 5.92 Å². The number of carbonyl (C=O) groups is 1. The molecule has 94 valence electrons. The molecule has 0 spiro atoms. The fourth-order valence-corrected chi connectivity index (χ4v) is 3.02. The summed E-state index contributed by atoms with van der Waals surface area (Å²) in [4.78, 5) is 13.5. The first kappa shape index (κ1) is 12.4. The summed E-state index contributed by atoms with van der Waals surface area (Å²) in [6.07, 6.45) is 2.46. The first-order chi connectivity index (χ1) is 8.06. The van der Waals surface area contributed by atoms with Gasteiger partial charge in [-0.05, 0) is 38.2 Å². The zero-order valence-electron chi connectivity index (χ0n) is 9.90. The Kier molecular flexibility index (Phi) is 3.69. The topological polar surface area (TPSA) is 75.3 Å². The highest BCUT2D eigenvalue weighted by Crippen LogP contribution is 2.26. The quantitative estimate of drug-likeness (QED) is 0.765. The number of nitrogen functional groups attached to an aromatic ring is 1. The minimum atomic E-state index is -0.184. The van der Waals surface area contributed by atoms with Gasteiger partial charge < -0.3 is 16.2 Å². The Morgan fingerprint density at radius 3 is 2.94 bits per heavy atom. The third-order valence-electron chi connectivity index (χ3n) is 3.24. The molecule has 1 fully saturated rings. The van der Waals surface area contributed by atoms with Gasteiger partial charge in [-0.15, -0.1) is 11.3 Å². The maximum atomic E-state index is 11.8. The predicted molar refractivity (Wildman–Crippen MR) is 69.1 cm³/mol. The molecule has 4 N–H and O–H groups in total. The van der Waals surface area contributed by atoms with E-state index in [0.29, 0.717) is 23.0 Å². The van der Waals surface area contributed by atoms with Crippen LogP contribution in [0.2, 0.25) is 0 Å². The van der Waals surface area contributed by atoms with Crippen molar-refractivity contribution < 1.29 is 9.90 Å². The van der Waals surface area contributed by atoms with Crippen LogP contribution in [0.1, 0.15) is 33.8 Å². The number of amides is 1. The van der Waals surface area contributed by atoms with E-state index in [1.54, 1.807) is 6.07 Å². The Bertz CT molecular complexity index is 397. The van der Waals surface area contributed by atoms with Crippen LogP contribution in [0.3, 0.4) is 0 Å². The number of carbonyl (C=O) groups excluding carboxylic acids is 1.